The number of rotatable bonds is 5. The second-order valence-electron chi connectivity index (χ2n) is 4.63. The molecule has 0 saturated heterocycles. The van der Waals surface area contributed by atoms with Crippen molar-refractivity contribution in [2.75, 3.05) is 5.32 Å². The molecule has 0 aliphatic rings. The third-order valence-corrected chi connectivity index (χ3v) is 2.78. The molecule has 1 amide bonds. The van der Waals surface area contributed by atoms with E-state index in [1.807, 2.05) is 6.07 Å². The number of carbonyl (C=O) groups excluding carboxylic acids is 1. The summed E-state index contributed by atoms with van der Waals surface area (Å²) < 4.78 is 45.4. The van der Waals surface area contributed by atoms with Gasteiger partial charge in [-0.05, 0) is 43.3 Å². The summed E-state index contributed by atoms with van der Waals surface area (Å²) in [6, 6.07) is 13.7. The lowest BCUT2D eigenvalue weighted by Gasteiger charge is -2.15. The Morgan fingerprint density at radius 3 is 2.17 bits per heavy atom. The van der Waals surface area contributed by atoms with Gasteiger partial charge in [-0.1, -0.05) is 18.2 Å². The maximum atomic E-state index is 12.1. The Labute approximate surface area is 130 Å². The lowest BCUT2D eigenvalue weighted by molar-refractivity contribution is -0.274. The molecule has 122 valence electrons. The summed E-state index contributed by atoms with van der Waals surface area (Å²) in [5.74, 6) is -0.230. The van der Waals surface area contributed by atoms with Crippen LogP contribution >= 0.6 is 0 Å². The SMILES string of the molecule is CC(Oc1ccccc1)C(=O)Nc1ccc(OC(F)(F)F)cc1. The van der Waals surface area contributed by atoms with Crippen LogP contribution in [0, 0.1) is 0 Å². The quantitative estimate of drug-likeness (QED) is 0.904. The van der Waals surface area contributed by atoms with E-state index in [0.29, 0.717) is 11.4 Å². The Morgan fingerprint density at radius 1 is 1.00 bits per heavy atom. The number of benzene rings is 2. The normalized spacial score (nSPS) is 12.3. The molecule has 0 bridgehead atoms. The lowest BCUT2D eigenvalue weighted by Crippen LogP contribution is -2.30. The van der Waals surface area contributed by atoms with Crippen molar-refractivity contribution in [2.24, 2.45) is 0 Å². The Kier molecular flexibility index (Phi) is 5.10. The van der Waals surface area contributed by atoms with Crippen molar-refractivity contribution >= 4 is 11.6 Å². The number of alkyl halides is 3. The summed E-state index contributed by atoms with van der Waals surface area (Å²) in [6.07, 6.45) is -5.51. The second kappa shape index (κ2) is 7.04. The van der Waals surface area contributed by atoms with Crippen LogP contribution in [0.25, 0.3) is 0 Å². The molecule has 2 rings (SSSR count). The van der Waals surface area contributed by atoms with Crippen molar-refractivity contribution in [3.63, 3.8) is 0 Å². The standard InChI is InChI=1S/C16H14F3NO3/c1-11(22-13-5-3-2-4-6-13)15(21)20-12-7-9-14(10-8-12)23-16(17,18)19/h2-11H,1H3,(H,20,21). The van der Waals surface area contributed by atoms with Gasteiger partial charge in [-0.25, -0.2) is 0 Å². The molecule has 0 heterocycles. The molecular weight excluding hydrogens is 311 g/mol. The largest absolute Gasteiger partial charge is 0.573 e. The number of nitrogens with one attached hydrogen (secondary N) is 1. The van der Waals surface area contributed by atoms with Gasteiger partial charge < -0.3 is 14.8 Å². The molecule has 0 spiro atoms. The maximum Gasteiger partial charge on any atom is 0.573 e. The second-order valence-corrected chi connectivity index (χ2v) is 4.63. The first-order valence-corrected chi connectivity index (χ1v) is 6.72. The van der Waals surface area contributed by atoms with Crippen LogP contribution in [-0.4, -0.2) is 18.4 Å². The zero-order valence-electron chi connectivity index (χ0n) is 12.1. The van der Waals surface area contributed by atoms with Crippen molar-refractivity contribution in [1.82, 2.24) is 0 Å². The van der Waals surface area contributed by atoms with E-state index in [1.54, 1.807) is 31.2 Å². The number of anilines is 1. The fraction of sp³-hybridized carbons (Fsp3) is 0.188. The van der Waals surface area contributed by atoms with Gasteiger partial charge in [0.05, 0.1) is 0 Å². The molecule has 0 aliphatic heterocycles. The van der Waals surface area contributed by atoms with Crippen LogP contribution in [0.5, 0.6) is 11.5 Å². The third-order valence-electron chi connectivity index (χ3n) is 2.78. The van der Waals surface area contributed by atoms with Crippen LogP contribution in [0.4, 0.5) is 18.9 Å². The minimum Gasteiger partial charge on any atom is -0.481 e. The molecule has 0 aromatic heterocycles. The molecule has 1 atom stereocenters. The van der Waals surface area contributed by atoms with E-state index >= 15 is 0 Å². The number of carbonyl (C=O) groups is 1. The van der Waals surface area contributed by atoms with Gasteiger partial charge in [-0.2, -0.15) is 0 Å². The molecule has 0 radical (unpaired) electrons. The zero-order chi connectivity index (χ0) is 16.9. The lowest BCUT2D eigenvalue weighted by atomic mass is 10.2. The summed E-state index contributed by atoms with van der Waals surface area (Å²) in [4.78, 5) is 12.0. The highest BCUT2D eigenvalue weighted by Gasteiger charge is 2.31. The Bertz CT molecular complexity index is 642. The summed E-state index contributed by atoms with van der Waals surface area (Å²) >= 11 is 0. The smallest absolute Gasteiger partial charge is 0.481 e. The van der Waals surface area contributed by atoms with E-state index in [-0.39, 0.29) is 5.75 Å². The van der Waals surface area contributed by atoms with Gasteiger partial charge in [0.15, 0.2) is 6.10 Å². The number of hydrogen-bond donors (Lipinski definition) is 1. The number of halogens is 3. The first kappa shape index (κ1) is 16.7. The fourth-order valence-corrected chi connectivity index (χ4v) is 1.74. The minimum atomic E-state index is -4.75. The van der Waals surface area contributed by atoms with Crippen LogP contribution in [0.1, 0.15) is 6.92 Å². The van der Waals surface area contributed by atoms with Crippen LogP contribution in [-0.2, 0) is 4.79 Å². The Balaban J connectivity index is 1.92. The van der Waals surface area contributed by atoms with Crippen LogP contribution in [0.15, 0.2) is 54.6 Å². The highest BCUT2D eigenvalue weighted by Crippen LogP contribution is 2.24. The van der Waals surface area contributed by atoms with Gasteiger partial charge in [0, 0.05) is 5.69 Å². The summed E-state index contributed by atoms with van der Waals surface area (Å²) in [5, 5.41) is 2.55. The summed E-state index contributed by atoms with van der Waals surface area (Å²) in [5.41, 5.74) is 0.341. The zero-order valence-corrected chi connectivity index (χ0v) is 12.1. The highest BCUT2D eigenvalue weighted by molar-refractivity contribution is 5.94. The van der Waals surface area contributed by atoms with Gasteiger partial charge in [0.25, 0.3) is 5.91 Å². The van der Waals surface area contributed by atoms with Crippen LogP contribution in [0.2, 0.25) is 0 Å². The molecule has 1 unspecified atom stereocenters. The predicted octanol–water partition coefficient (Wildman–Crippen LogP) is 3.99. The van der Waals surface area contributed by atoms with Crippen LogP contribution in [0.3, 0.4) is 0 Å². The minimum absolute atomic E-state index is 0.341. The average Bonchev–Trinajstić information content (AvgIpc) is 2.48. The third kappa shape index (κ3) is 5.54. The number of amides is 1. The molecular formula is C16H14F3NO3. The monoisotopic (exact) mass is 325 g/mol. The highest BCUT2D eigenvalue weighted by atomic mass is 19.4. The Morgan fingerprint density at radius 2 is 1.61 bits per heavy atom. The first-order chi connectivity index (χ1) is 10.8. The molecule has 2 aromatic carbocycles. The maximum absolute atomic E-state index is 12.1. The first-order valence-electron chi connectivity index (χ1n) is 6.72. The number of ether oxygens (including phenoxy) is 2. The predicted molar refractivity (Wildman–Crippen MR) is 78.3 cm³/mol. The van der Waals surface area contributed by atoms with Gasteiger partial charge in [0.1, 0.15) is 11.5 Å². The fourth-order valence-electron chi connectivity index (χ4n) is 1.74. The van der Waals surface area contributed by atoms with E-state index in [4.69, 9.17) is 4.74 Å². The van der Waals surface area contributed by atoms with Crippen LogP contribution < -0.4 is 14.8 Å². The molecule has 0 aliphatic carbocycles. The molecule has 0 saturated carbocycles. The summed E-state index contributed by atoms with van der Waals surface area (Å²) in [6.45, 7) is 1.57. The van der Waals surface area contributed by atoms with Crippen molar-refractivity contribution in [2.45, 2.75) is 19.4 Å². The molecule has 4 nitrogen and oxygen atoms in total. The van der Waals surface area contributed by atoms with Crippen molar-refractivity contribution in [3.8, 4) is 11.5 Å². The topological polar surface area (TPSA) is 47.6 Å². The van der Waals surface area contributed by atoms with Gasteiger partial charge in [-0.15, -0.1) is 13.2 Å². The molecule has 2 aromatic rings. The van der Waals surface area contributed by atoms with Gasteiger partial charge in [0.2, 0.25) is 0 Å². The van der Waals surface area contributed by atoms with Gasteiger partial charge in [-0.3, -0.25) is 4.79 Å². The molecule has 0 fully saturated rings. The van der Waals surface area contributed by atoms with E-state index in [9.17, 15) is 18.0 Å². The van der Waals surface area contributed by atoms with E-state index in [1.165, 1.54) is 12.1 Å². The number of para-hydroxylation sites is 1. The van der Waals surface area contributed by atoms with Gasteiger partial charge >= 0.3 is 6.36 Å². The molecule has 7 heteroatoms. The van der Waals surface area contributed by atoms with Crippen molar-refractivity contribution < 1.29 is 27.4 Å². The van der Waals surface area contributed by atoms with Crippen molar-refractivity contribution in [1.29, 1.82) is 0 Å². The van der Waals surface area contributed by atoms with E-state index in [0.717, 1.165) is 12.1 Å². The molecule has 23 heavy (non-hydrogen) atoms. The Hall–Kier alpha value is -2.70. The van der Waals surface area contributed by atoms with Crippen molar-refractivity contribution in [3.05, 3.63) is 54.6 Å². The summed E-state index contributed by atoms with van der Waals surface area (Å²) in [7, 11) is 0. The number of hydrogen-bond acceptors (Lipinski definition) is 3. The van der Waals surface area contributed by atoms with E-state index < -0.39 is 18.4 Å². The van der Waals surface area contributed by atoms with E-state index in [2.05, 4.69) is 10.1 Å². The molecule has 1 N–H and O–H groups in total. The average molecular weight is 325 g/mol.